The molecule has 1 N–H and O–H groups in total. The zero-order valence-corrected chi connectivity index (χ0v) is 17.8. The molecule has 0 aliphatic carbocycles. The molecule has 4 nitrogen and oxygen atoms in total. The molecule has 27 heavy (non-hydrogen) atoms. The SMILES string of the molecule is CCC(Oc1ccc2ccccc2c1Br)C(=O)N/N=C/c1ccccc1Br. The fraction of sp³-hybridized carbons (Fsp3) is 0.143. The Kier molecular flexibility index (Phi) is 6.63. The standard InChI is InChI=1S/C21H18Br2N2O2/c1-2-18(21(26)25-24-13-15-8-4-6-10-17(15)22)27-19-12-11-14-7-3-5-9-16(14)20(19)23/h3-13,18H,2H2,1H3,(H,25,26)/b24-13+. The minimum atomic E-state index is -0.640. The average Bonchev–Trinajstić information content (AvgIpc) is 2.69. The summed E-state index contributed by atoms with van der Waals surface area (Å²) in [4.78, 5) is 12.5. The molecule has 0 heterocycles. The van der Waals surface area contributed by atoms with E-state index in [1.807, 2.05) is 67.6 Å². The van der Waals surface area contributed by atoms with Gasteiger partial charge in [0.25, 0.3) is 5.91 Å². The molecule has 0 fully saturated rings. The van der Waals surface area contributed by atoms with Crippen LogP contribution in [0.2, 0.25) is 0 Å². The first kappa shape index (κ1) is 19.6. The Bertz CT molecular complexity index is 989. The van der Waals surface area contributed by atoms with Gasteiger partial charge >= 0.3 is 0 Å². The van der Waals surface area contributed by atoms with Gasteiger partial charge in [-0.25, -0.2) is 5.43 Å². The molecule has 0 saturated heterocycles. The molecule has 6 heteroatoms. The van der Waals surface area contributed by atoms with Crippen molar-refractivity contribution in [3.8, 4) is 5.75 Å². The zero-order chi connectivity index (χ0) is 19.2. The van der Waals surface area contributed by atoms with E-state index in [1.165, 1.54) is 0 Å². The van der Waals surface area contributed by atoms with E-state index in [9.17, 15) is 4.79 Å². The van der Waals surface area contributed by atoms with E-state index >= 15 is 0 Å². The van der Waals surface area contributed by atoms with Gasteiger partial charge in [-0.2, -0.15) is 5.10 Å². The van der Waals surface area contributed by atoms with Crippen molar-refractivity contribution in [2.24, 2.45) is 5.10 Å². The second-order valence-corrected chi connectivity index (χ2v) is 7.52. The maximum absolute atomic E-state index is 12.5. The van der Waals surface area contributed by atoms with Crippen LogP contribution >= 0.6 is 31.9 Å². The van der Waals surface area contributed by atoms with Gasteiger partial charge in [0.15, 0.2) is 6.10 Å². The number of amides is 1. The molecule has 0 spiro atoms. The number of carbonyl (C=O) groups excluding carboxylic acids is 1. The number of ether oxygens (including phenoxy) is 1. The maximum atomic E-state index is 12.5. The summed E-state index contributed by atoms with van der Waals surface area (Å²) in [6, 6.07) is 19.5. The third-order valence-electron chi connectivity index (χ3n) is 4.04. The molecule has 0 saturated carbocycles. The van der Waals surface area contributed by atoms with Crippen LogP contribution in [0.4, 0.5) is 0 Å². The lowest BCUT2D eigenvalue weighted by atomic mass is 10.1. The van der Waals surface area contributed by atoms with E-state index in [-0.39, 0.29) is 5.91 Å². The highest BCUT2D eigenvalue weighted by Gasteiger charge is 2.19. The molecule has 1 unspecified atom stereocenters. The van der Waals surface area contributed by atoms with Crippen molar-refractivity contribution in [2.45, 2.75) is 19.4 Å². The molecule has 1 atom stereocenters. The van der Waals surface area contributed by atoms with E-state index in [2.05, 4.69) is 42.4 Å². The Hall–Kier alpha value is -2.18. The van der Waals surface area contributed by atoms with E-state index in [4.69, 9.17) is 4.74 Å². The van der Waals surface area contributed by atoms with Gasteiger partial charge in [-0.05, 0) is 45.3 Å². The van der Waals surface area contributed by atoms with Crippen LogP contribution in [0.25, 0.3) is 10.8 Å². The predicted octanol–water partition coefficient (Wildman–Crippen LogP) is 5.67. The summed E-state index contributed by atoms with van der Waals surface area (Å²) in [7, 11) is 0. The first-order valence-electron chi connectivity index (χ1n) is 8.51. The number of halogens is 2. The smallest absolute Gasteiger partial charge is 0.281 e. The number of nitrogens with one attached hydrogen (secondary N) is 1. The van der Waals surface area contributed by atoms with Crippen molar-refractivity contribution in [3.05, 3.63) is 75.2 Å². The van der Waals surface area contributed by atoms with Crippen molar-refractivity contribution in [3.63, 3.8) is 0 Å². The molecule has 0 aliphatic rings. The van der Waals surface area contributed by atoms with E-state index in [0.29, 0.717) is 12.2 Å². The van der Waals surface area contributed by atoms with Gasteiger partial charge in [0.2, 0.25) is 0 Å². The Labute approximate surface area is 174 Å². The number of fused-ring (bicyclic) bond motifs is 1. The highest BCUT2D eigenvalue weighted by molar-refractivity contribution is 9.11. The van der Waals surface area contributed by atoms with Crippen LogP contribution in [-0.2, 0) is 4.79 Å². The fourth-order valence-corrected chi connectivity index (χ4v) is 3.57. The second kappa shape index (κ2) is 9.15. The third kappa shape index (κ3) is 4.76. The Morgan fingerprint density at radius 1 is 1.11 bits per heavy atom. The van der Waals surface area contributed by atoms with Crippen LogP contribution < -0.4 is 10.2 Å². The number of benzene rings is 3. The maximum Gasteiger partial charge on any atom is 0.281 e. The Balaban J connectivity index is 1.71. The largest absolute Gasteiger partial charge is 0.479 e. The van der Waals surface area contributed by atoms with Gasteiger partial charge in [-0.15, -0.1) is 0 Å². The molecule has 0 aliphatic heterocycles. The van der Waals surface area contributed by atoms with E-state index < -0.39 is 6.10 Å². The van der Waals surface area contributed by atoms with Crippen molar-refractivity contribution in [1.29, 1.82) is 0 Å². The summed E-state index contributed by atoms with van der Waals surface area (Å²) < 4.78 is 7.69. The lowest BCUT2D eigenvalue weighted by Crippen LogP contribution is -2.35. The summed E-state index contributed by atoms with van der Waals surface area (Å²) >= 11 is 7.03. The quantitative estimate of drug-likeness (QED) is 0.358. The van der Waals surface area contributed by atoms with Crippen LogP contribution in [0.1, 0.15) is 18.9 Å². The summed E-state index contributed by atoms with van der Waals surface area (Å²) in [5.74, 6) is 0.339. The van der Waals surface area contributed by atoms with Crippen LogP contribution in [0.5, 0.6) is 5.75 Å². The molecular formula is C21H18Br2N2O2. The minimum Gasteiger partial charge on any atom is -0.479 e. The number of nitrogens with zero attached hydrogens (tertiary/aromatic N) is 1. The first-order chi connectivity index (χ1) is 13.1. The zero-order valence-electron chi connectivity index (χ0n) is 14.7. The van der Waals surface area contributed by atoms with Gasteiger partial charge in [-0.1, -0.05) is 71.4 Å². The molecule has 0 aromatic heterocycles. The van der Waals surface area contributed by atoms with Gasteiger partial charge in [0.05, 0.1) is 10.7 Å². The summed E-state index contributed by atoms with van der Waals surface area (Å²) in [5.41, 5.74) is 3.43. The summed E-state index contributed by atoms with van der Waals surface area (Å²) in [6.07, 6.45) is 1.48. The van der Waals surface area contributed by atoms with Crippen LogP contribution in [-0.4, -0.2) is 18.2 Å². The van der Waals surface area contributed by atoms with Gasteiger partial charge in [0.1, 0.15) is 5.75 Å². The molecule has 0 bridgehead atoms. The van der Waals surface area contributed by atoms with E-state index in [0.717, 1.165) is 25.3 Å². The Morgan fingerprint density at radius 2 is 1.85 bits per heavy atom. The lowest BCUT2D eigenvalue weighted by molar-refractivity contribution is -0.128. The fourth-order valence-electron chi connectivity index (χ4n) is 2.60. The predicted molar refractivity (Wildman–Crippen MR) is 116 cm³/mol. The van der Waals surface area contributed by atoms with Crippen LogP contribution in [0, 0.1) is 0 Å². The van der Waals surface area contributed by atoms with Crippen molar-refractivity contribution in [2.75, 3.05) is 0 Å². The number of hydrogen-bond donors (Lipinski definition) is 1. The second-order valence-electron chi connectivity index (χ2n) is 5.87. The highest BCUT2D eigenvalue weighted by atomic mass is 79.9. The molecule has 3 aromatic rings. The lowest BCUT2D eigenvalue weighted by Gasteiger charge is -2.17. The third-order valence-corrected chi connectivity index (χ3v) is 5.58. The monoisotopic (exact) mass is 488 g/mol. The average molecular weight is 490 g/mol. The molecule has 138 valence electrons. The van der Waals surface area contributed by atoms with Gasteiger partial charge in [-0.3, -0.25) is 4.79 Å². The topological polar surface area (TPSA) is 50.7 Å². The number of hydrazone groups is 1. The van der Waals surface area contributed by atoms with Crippen LogP contribution in [0.15, 0.2) is 74.7 Å². The number of carbonyl (C=O) groups is 1. The van der Waals surface area contributed by atoms with Crippen molar-refractivity contribution < 1.29 is 9.53 Å². The van der Waals surface area contributed by atoms with Gasteiger partial charge in [0, 0.05) is 10.0 Å². The van der Waals surface area contributed by atoms with Crippen molar-refractivity contribution in [1.82, 2.24) is 5.43 Å². The van der Waals surface area contributed by atoms with Gasteiger partial charge < -0.3 is 4.74 Å². The summed E-state index contributed by atoms with van der Waals surface area (Å²) in [5, 5.41) is 6.18. The molecule has 0 radical (unpaired) electrons. The van der Waals surface area contributed by atoms with Crippen molar-refractivity contribution >= 4 is 54.8 Å². The summed E-state index contributed by atoms with van der Waals surface area (Å²) in [6.45, 7) is 1.90. The van der Waals surface area contributed by atoms with Crippen LogP contribution in [0.3, 0.4) is 0 Å². The molecular weight excluding hydrogens is 472 g/mol. The first-order valence-corrected chi connectivity index (χ1v) is 10.1. The normalized spacial score (nSPS) is 12.3. The Morgan fingerprint density at radius 3 is 2.63 bits per heavy atom. The molecule has 3 rings (SSSR count). The van der Waals surface area contributed by atoms with E-state index in [1.54, 1.807) is 6.21 Å². The number of rotatable bonds is 6. The molecule has 3 aromatic carbocycles. The number of hydrogen-bond acceptors (Lipinski definition) is 3. The minimum absolute atomic E-state index is 0.291. The highest BCUT2D eigenvalue weighted by Crippen LogP contribution is 2.33. The molecule has 1 amide bonds.